The summed E-state index contributed by atoms with van der Waals surface area (Å²) in [6.07, 6.45) is -5.51. The number of rotatable bonds is 6. The highest BCUT2D eigenvalue weighted by atomic mass is 19.3. The van der Waals surface area contributed by atoms with E-state index < -0.39 is 12.6 Å². The number of urea groups is 1. The van der Waals surface area contributed by atoms with E-state index >= 15 is 0 Å². The fraction of sp³-hybridized carbons (Fsp3) is 0.385. The number of nitrogens with zero attached hydrogens (tertiary/aromatic N) is 1. The maximum Gasteiger partial charge on any atom is 0.322 e. The summed E-state index contributed by atoms with van der Waals surface area (Å²) >= 11 is 0. The summed E-state index contributed by atoms with van der Waals surface area (Å²) in [4.78, 5) is 12.9. The van der Waals surface area contributed by atoms with Crippen molar-refractivity contribution in [1.29, 1.82) is 0 Å². The molecule has 4 nitrogen and oxygen atoms in total. The summed E-state index contributed by atoms with van der Waals surface area (Å²) in [6, 6.07) is 6.32. The second kappa shape index (κ2) is 6.49. The Morgan fingerprint density at radius 2 is 1.95 bits per heavy atom. The number of hydrogen-bond acceptors (Lipinski definition) is 2. The largest absolute Gasteiger partial charge is 0.493 e. The van der Waals surface area contributed by atoms with E-state index in [1.807, 2.05) is 0 Å². The van der Waals surface area contributed by atoms with Crippen LogP contribution in [0.25, 0.3) is 0 Å². The van der Waals surface area contributed by atoms with Crippen molar-refractivity contribution in [3.63, 3.8) is 0 Å². The van der Waals surface area contributed by atoms with Gasteiger partial charge in [-0.15, -0.1) is 0 Å². The monoisotopic (exact) mass is 287 g/mol. The molecule has 1 aliphatic heterocycles. The Hall–Kier alpha value is -1.92. The minimum atomic E-state index is -2.98. The van der Waals surface area contributed by atoms with Crippen LogP contribution in [-0.2, 0) is 0 Å². The molecule has 0 spiro atoms. The van der Waals surface area contributed by atoms with E-state index in [-0.39, 0.29) is 19.1 Å². The lowest BCUT2D eigenvalue weighted by atomic mass is 10.2. The first kappa shape index (κ1) is 14.5. The second-order valence-electron chi connectivity index (χ2n) is 4.22. The third-order valence-electron chi connectivity index (χ3n) is 2.80. The molecule has 1 fully saturated rings. The van der Waals surface area contributed by atoms with Gasteiger partial charge in [0.25, 0.3) is 6.43 Å². The molecule has 0 saturated carbocycles. The predicted molar refractivity (Wildman–Crippen MR) is 67.6 cm³/mol. The van der Waals surface area contributed by atoms with Crippen LogP contribution in [-0.4, -0.2) is 31.8 Å². The van der Waals surface area contributed by atoms with Crippen LogP contribution in [0.15, 0.2) is 24.3 Å². The standard InChI is InChI=1S/C13H14F3N2O2/c14-11(12(15)16)5-8-20-10-3-1-9(2-4-10)18-7-6-17-13(18)19/h1-4,7,11-12H,5-6,8H2,(H,17,19). The van der Waals surface area contributed by atoms with Crippen molar-refractivity contribution < 1.29 is 22.7 Å². The summed E-state index contributed by atoms with van der Waals surface area (Å²) in [5, 5.41) is 2.63. The Morgan fingerprint density at radius 3 is 2.50 bits per heavy atom. The van der Waals surface area contributed by atoms with Crippen molar-refractivity contribution >= 4 is 11.7 Å². The van der Waals surface area contributed by atoms with Crippen molar-refractivity contribution in [3.05, 3.63) is 30.8 Å². The average molecular weight is 287 g/mol. The molecule has 1 atom stereocenters. The molecular formula is C13H14F3N2O2. The predicted octanol–water partition coefficient (Wildman–Crippen LogP) is 2.75. The van der Waals surface area contributed by atoms with Gasteiger partial charge in [-0.3, -0.25) is 4.90 Å². The fourth-order valence-corrected chi connectivity index (χ4v) is 1.73. The maximum atomic E-state index is 12.7. The molecule has 0 aromatic heterocycles. The molecule has 0 aliphatic carbocycles. The van der Waals surface area contributed by atoms with E-state index in [0.29, 0.717) is 18.0 Å². The van der Waals surface area contributed by atoms with E-state index in [9.17, 15) is 18.0 Å². The molecule has 2 rings (SSSR count). The van der Waals surface area contributed by atoms with E-state index in [2.05, 4.69) is 5.32 Å². The van der Waals surface area contributed by atoms with Crippen LogP contribution < -0.4 is 15.0 Å². The van der Waals surface area contributed by atoms with Gasteiger partial charge < -0.3 is 10.1 Å². The summed E-state index contributed by atoms with van der Waals surface area (Å²) in [7, 11) is 0. The van der Waals surface area contributed by atoms with E-state index in [4.69, 9.17) is 4.74 Å². The molecule has 1 unspecified atom stereocenters. The van der Waals surface area contributed by atoms with Crippen molar-refractivity contribution in [2.45, 2.75) is 19.0 Å². The minimum Gasteiger partial charge on any atom is -0.493 e. The Bertz CT molecular complexity index is 453. The molecule has 1 aromatic carbocycles. The van der Waals surface area contributed by atoms with E-state index in [0.717, 1.165) is 0 Å². The molecule has 1 radical (unpaired) electrons. The number of anilines is 1. The number of hydrogen-bond donors (Lipinski definition) is 1. The molecule has 7 heteroatoms. The van der Waals surface area contributed by atoms with Crippen molar-refractivity contribution in [2.75, 3.05) is 18.1 Å². The average Bonchev–Trinajstić information content (AvgIpc) is 2.85. The lowest BCUT2D eigenvalue weighted by Gasteiger charge is -2.14. The lowest BCUT2D eigenvalue weighted by Crippen LogP contribution is -2.26. The summed E-state index contributed by atoms with van der Waals surface area (Å²) in [5.74, 6) is 0.440. The van der Waals surface area contributed by atoms with Gasteiger partial charge >= 0.3 is 6.03 Å². The normalized spacial score (nSPS) is 16.4. The van der Waals surface area contributed by atoms with Gasteiger partial charge in [0.1, 0.15) is 5.75 Å². The zero-order valence-electron chi connectivity index (χ0n) is 10.6. The number of nitrogens with one attached hydrogen (secondary N) is 1. The highest BCUT2D eigenvalue weighted by molar-refractivity contribution is 5.95. The molecule has 109 valence electrons. The number of amides is 2. The van der Waals surface area contributed by atoms with Crippen LogP contribution in [0.3, 0.4) is 0 Å². The van der Waals surface area contributed by atoms with Gasteiger partial charge in [0, 0.05) is 18.7 Å². The van der Waals surface area contributed by atoms with Crippen LogP contribution >= 0.6 is 0 Å². The summed E-state index contributed by atoms with van der Waals surface area (Å²) < 4.78 is 41.7. The first-order valence-corrected chi connectivity index (χ1v) is 6.13. The van der Waals surface area contributed by atoms with Crippen LogP contribution in [0.1, 0.15) is 6.42 Å². The zero-order valence-corrected chi connectivity index (χ0v) is 10.6. The fourth-order valence-electron chi connectivity index (χ4n) is 1.73. The smallest absolute Gasteiger partial charge is 0.322 e. The van der Waals surface area contributed by atoms with Crippen LogP contribution in [0.2, 0.25) is 0 Å². The highest BCUT2D eigenvalue weighted by Gasteiger charge is 2.21. The quantitative estimate of drug-likeness (QED) is 0.874. The van der Waals surface area contributed by atoms with Crippen molar-refractivity contribution in [2.24, 2.45) is 0 Å². The first-order chi connectivity index (χ1) is 9.58. The molecular weight excluding hydrogens is 273 g/mol. The Kier molecular flexibility index (Phi) is 4.70. The van der Waals surface area contributed by atoms with Crippen molar-refractivity contribution in [1.82, 2.24) is 5.32 Å². The SMILES string of the molecule is O=C1NC[CH]N1c1ccc(OCCC(F)C(F)F)cc1. The van der Waals surface area contributed by atoms with Gasteiger partial charge in [-0.05, 0) is 24.3 Å². The third-order valence-corrected chi connectivity index (χ3v) is 2.80. The summed E-state index contributed by atoms with van der Waals surface area (Å²) in [6.45, 7) is 2.05. The number of halogens is 3. The number of benzene rings is 1. The van der Waals surface area contributed by atoms with Gasteiger partial charge in [-0.1, -0.05) is 0 Å². The van der Waals surface area contributed by atoms with E-state index in [1.54, 1.807) is 30.8 Å². The van der Waals surface area contributed by atoms with Crippen LogP contribution in [0.4, 0.5) is 23.7 Å². The van der Waals surface area contributed by atoms with Gasteiger partial charge in [0.2, 0.25) is 0 Å². The number of carbonyl (C=O) groups is 1. The molecule has 1 N–H and O–H groups in total. The first-order valence-electron chi connectivity index (χ1n) is 6.13. The van der Waals surface area contributed by atoms with E-state index in [1.165, 1.54) is 4.90 Å². The van der Waals surface area contributed by atoms with Gasteiger partial charge in [0.15, 0.2) is 6.17 Å². The Morgan fingerprint density at radius 1 is 1.25 bits per heavy atom. The molecule has 1 saturated heterocycles. The molecule has 2 amide bonds. The van der Waals surface area contributed by atoms with Gasteiger partial charge in [-0.2, -0.15) is 0 Å². The Balaban J connectivity index is 1.84. The molecule has 1 heterocycles. The number of ether oxygens (including phenoxy) is 1. The second-order valence-corrected chi connectivity index (χ2v) is 4.22. The van der Waals surface area contributed by atoms with Crippen LogP contribution in [0.5, 0.6) is 5.75 Å². The lowest BCUT2D eigenvalue weighted by molar-refractivity contribution is 0.0378. The van der Waals surface area contributed by atoms with Gasteiger partial charge in [0.05, 0.1) is 13.2 Å². The van der Waals surface area contributed by atoms with Crippen molar-refractivity contribution in [3.8, 4) is 5.75 Å². The molecule has 0 bridgehead atoms. The minimum absolute atomic E-state index is 0.124. The highest BCUT2D eigenvalue weighted by Crippen LogP contribution is 2.22. The topological polar surface area (TPSA) is 41.6 Å². The number of carbonyl (C=O) groups excluding carboxylic acids is 1. The Labute approximate surface area is 114 Å². The zero-order chi connectivity index (χ0) is 14.5. The molecule has 1 aromatic rings. The molecule has 20 heavy (non-hydrogen) atoms. The summed E-state index contributed by atoms with van der Waals surface area (Å²) in [5.41, 5.74) is 0.670. The third kappa shape index (κ3) is 3.55. The maximum absolute atomic E-state index is 12.7. The van der Waals surface area contributed by atoms with Crippen LogP contribution in [0, 0.1) is 6.54 Å². The molecule has 1 aliphatic rings. The number of alkyl halides is 3. The van der Waals surface area contributed by atoms with Gasteiger partial charge in [-0.25, -0.2) is 18.0 Å².